The molecule has 2 aromatic heterocycles. The molecule has 2 aromatic carbocycles. The molecule has 0 aliphatic carbocycles. The van der Waals surface area contributed by atoms with Crippen molar-refractivity contribution in [1.82, 2.24) is 19.7 Å². The average Bonchev–Trinajstić information content (AvgIpc) is 3.40. The molecule has 0 radical (unpaired) electrons. The van der Waals surface area contributed by atoms with Crippen molar-refractivity contribution in [1.29, 1.82) is 0 Å². The second-order valence-electron chi connectivity index (χ2n) is 6.05. The van der Waals surface area contributed by atoms with E-state index in [4.69, 9.17) is 0 Å². The van der Waals surface area contributed by atoms with Crippen LogP contribution in [0.15, 0.2) is 65.6 Å². The molecule has 0 N–H and O–H groups in total. The highest BCUT2D eigenvalue weighted by molar-refractivity contribution is 7.67. The van der Waals surface area contributed by atoms with Crippen LogP contribution in [0.2, 0.25) is 0 Å². The van der Waals surface area contributed by atoms with Gasteiger partial charge in [0.15, 0.2) is 0 Å². The first-order valence-electron chi connectivity index (χ1n) is 8.34. The van der Waals surface area contributed by atoms with E-state index < -0.39 is 17.9 Å². The van der Waals surface area contributed by atoms with E-state index in [1.807, 2.05) is 0 Å². The van der Waals surface area contributed by atoms with Crippen molar-refractivity contribution >= 4 is 16.1 Å². The van der Waals surface area contributed by atoms with Crippen LogP contribution in [-0.2, 0) is 17.4 Å². The number of nitrogens with zero attached hydrogens (tertiary/aromatic N) is 4. The van der Waals surface area contributed by atoms with Crippen LogP contribution in [0.5, 0.6) is 0 Å². The van der Waals surface area contributed by atoms with Gasteiger partial charge in [-0.25, -0.2) is 13.6 Å². The molecule has 30 heavy (non-hydrogen) atoms. The zero-order chi connectivity index (χ0) is 21.3. The lowest BCUT2D eigenvalue weighted by molar-refractivity contribution is -0.159. The number of hydrogen-bond donors (Lipinski definition) is 0. The molecule has 0 saturated heterocycles. The lowest BCUT2D eigenvalue weighted by Gasteiger charge is -2.03. The molecule has 4 rings (SSSR count). The maximum Gasteiger partial charge on any atom is 0.471 e. The van der Waals surface area contributed by atoms with Crippen molar-refractivity contribution in [2.24, 2.45) is 0 Å². The van der Waals surface area contributed by atoms with Crippen molar-refractivity contribution < 1.29 is 26.3 Å². The van der Waals surface area contributed by atoms with Crippen LogP contribution in [0.3, 0.4) is 0 Å². The Morgan fingerprint density at radius 2 is 1.73 bits per heavy atom. The quantitative estimate of drug-likeness (QED) is 0.277. The van der Waals surface area contributed by atoms with Crippen molar-refractivity contribution in [3.8, 4) is 17.1 Å². The summed E-state index contributed by atoms with van der Waals surface area (Å²) in [6.45, 7) is 0. The fourth-order valence-electron chi connectivity index (χ4n) is 2.66. The third kappa shape index (κ3) is 3.92. The number of alkyl halides is 3. The van der Waals surface area contributed by atoms with Gasteiger partial charge >= 0.3 is 12.1 Å². The third-order valence-corrected chi connectivity index (χ3v) is 4.71. The molecule has 2 heterocycles. The molecule has 4 aromatic rings. The second-order valence-corrected chi connectivity index (χ2v) is 6.63. The van der Waals surface area contributed by atoms with E-state index in [0.717, 1.165) is 0 Å². The summed E-state index contributed by atoms with van der Waals surface area (Å²) in [5, 5.41) is 3.34. The summed E-state index contributed by atoms with van der Waals surface area (Å²) in [5.41, 5.74) is 1.92. The predicted octanol–water partition coefficient (Wildman–Crippen LogP) is 3.86. The van der Waals surface area contributed by atoms with E-state index in [2.05, 4.69) is 19.6 Å². The number of hydrogen-bond acceptors (Lipinski definition) is 5. The van der Waals surface area contributed by atoms with Gasteiger partial charge in [0.2, 0.25) is 5.82 Å². The molecular formula is C19H10F4N4O2S. The fourth-order valence-corrected chi connectivity index (χ4v) is 3.08. The third-order valence-electron chi connectivity index (χ3n) is 4.10. The monoisotopic (exact) mass is 434 g/mol. The number of halogens is 4. The van der Waals surface area contributed by atoms with Gasteiger partial charge in [-0.3, -0.25) is 0 Å². The van der Waals surface area contributed by atoms with E-state index in [0.29, 0.717) is 27.4 Å². The highest BCUT2D eigenvalue weighted by atomic mass is 32.1. The standard InChI is InChI=1S/C19H10F4N4O2S/c20-13-5-1-11(2-6-13)16(30-28)15-9-27(10-24-15)14-7-3-12(4-8-14)17-25-18(29-26-17)19(21,22)23/h1-10H. The highest BCUT2D eigenvalue weighted by Gasteiger charge is 2.38. The van der Waals surface area contributed by atoms with Gasteiger partial charge < -0.3 is 9.09 Å². The molecule has 0 aliphatic rings. The Hall–Kier alpha value is -3.60. The Labute approximate surface area is 169 Å². The van der Waals surface area contributed by atoms with Gasteiger partial charge in [-0.1, -0.05) is 17.3 Å². The highest BCUT2D eigenvalue weighted by Crippen LogP contribution is 2.29. The van der Waals surface area contributed by atoms with Crippen molar-refractivity contribution in [2.75, 3.05) is 0 Å². The molecule has 0 spiro atoms. The fraction of sp³-hybridized carbons (Fsp3) is 0.0526. The molecule has 11 heteroatoms. The summed E-state index contributed by atoms with van der Waals surface area (Å²) >= 11 is 0.244. The summed E-state index contributed by atoms with van der Waals surface area (Å²) < 4.78 is 68.3. The van der Waals surface area contributed by atoms with E-state index in [1.54, 1.807) is 22.9 Å². The molecule has 0 unspecified atom stereocenters. The minimum absolute atomic E-state index is 0.185. The van der Waals surface area contributed by atoms with Gasteiger partial charge in [0, 0.05) is 17.4 Å². The summed E-state index contributed by atoms with van der Waals surface area (Å²) in [4.78, 5) is 7.89. The minimum Gasteiger partial charge on any atom is -0.329 e. The molecule has 0 amide bonds. The summed E-state index contributed by atoms with van der Waals surface area (Å²) in [5.74, 6) is -2.02. The van der Waals surface area contributed by atoms with Gasteiger partial charge in [-0.05, 0) is 42.0 Å². The largest absolute Gasteiger partial charge is 0.471 e. The average molecular weight is 434 g/mol. The lowest BCUT2D eigenvalue weighted by Crippen LogP contribution is -2.04. The van der Waals surface area contributed by atoms with Crippen molar-refractivity contribution in [3.63, 3.8) is 0 Å². The van der Waals surface area contributed by atoms with Crippen molar-refractivity contribution in [3.05, 3.63) is 84.0 Å². The Bertz CT molecular complexity index is 1240. The van der Waals surface area contributed by atoms with E-state index in [-0.39, 0.29) is 17.1 Å². The van der Waals surface area contributed by atoms with Crippen molar-refractivity contribution in [2.45, 2.75) is 6.18 Å². The second kappa shape index (κ2) is 7.67. The number of imidazole rings is 1. The first kappa shape index (κ1) is 19.7. The Balaban J connectivity index is 1.58. The SMILES string of the molecule is O=S=C(c1ccc(F)cc1)c1cn(-c2ccc(-c3noc(C(F)(F)F)n3)cc2)cn1. The molecular weight excluding hydrogens is 424 g/mol. The summed E-state index contributed by atoms with van der Waals surface area (Å²) in [6.07, 6.45) is -1.61. The van der Waals surface area contributed by atoms with Crippen LogP contribution in [-0.4, -0.2) is 28.8 Å². The number of rotatable bonds is 4. The van der Waals surface area contributed by atoms with Gasteiger partial charge in [0.25, 0.3) is 0 Å². The summed E-state index contributed by atoms with van der Waals surface area (Å²) in [7, 11) is 0. The first-order chi connectivity index (χ1) is 14.3. The predicted molar refractivity (Wildman–Crippen MR) is 99.6 cm³/mol. The molecule has 0 atom stereocenters. The zero-order valence-corrected chi connectivity index (χ0v) is 15.6. The Morgan fingerprint density at radius 3 is 2.33 bits per heavy atom. The molecule has 152 valence electrons. The molecule has 0 aliphatic heterocycles. The van der Waals surface area contributed by atoms with E-state index in [9.17, 15) is 21.8 Å². The molecule has 6 nitrogen and oxygen atoms in total. The number of aromatic nitrogens is 4. The maximum absolute atomic E-state index is 13.1. The van der Waals surface area contributed by atoms with Crippen LogP contribution in [0, 0.1) is 5.82 Å². The normalized spacial score (nSPS) is 11.5. The molecule has 0 bridgehead atoms. The lowest BCUT2D eigenvalue weighted by atomic mass is 10.1. The summed E-state index contributed by atoms with van der Waals surface area (Å²) in [6, 6.07) is 11.8. The van der Waals surface area contributed by atoms with Gasteiger partial charge in [-0.15, -0.1) is 0 Å². The molecule has 0 fully saturated rings. The smallest absolute Gasteiger partial charge is 0.329 e. The first-order valence-corrected chi connectivity index (χ1v) is 9.08. The van der Waals surface area contributed by atoms with E-state index in [1.165, 1.54) is 42.7 Å². The van der Waals surface area contributed by atoms with Gasteiger partial charge in [-0.2, -0.15) is 18.2 Å². The van der Waals surface area contributed by atoms with Crippen LogP contribution >= 0.6 is 0 Å². The van der Waals surface area contributed by atoms with Crippen LogP contribution in [0.25, 0.3) is 17.1 Å². The van der Waals surface area contributed by atoms with Gasteiger partial charge in [0.05, 0.1) is 17.6 Å². The maximum atomic E-state index is 13.1. The molecule has 0 saturated carbocycles. The van der Waals surface area contributed by atoms with Crippen LogP contribution in [0.4, 0.5) is 17.6 Å². The topological polar surface area (TPSA) is 73.8 Å². The Morgan fingerprint density at radius 1 is 1.03 bits per heavy atom. The van der Waals surface area contributed by atoms with Gasteiger partial charge in [0.1, 0.15) is 16.4 Å². The minimum atomic E-state index is -4.71. The zero-order valence-electron chi connectivity index (χ0n) is 14.8. The van der Waals surface area contributed by atoms with E-state index >= 15 is 0 Å². The Kier molecular flexibility index (Phi) is 5.04. The van der Waals surface area contributed by atoms with Crippen LogP contribution < -0.4 is 0 Å². The number of benzene rings is 2. The van der Waals surface area contributed by atoms with Crippen LogP contribution in [0.1, 0.15) is 17.1 Å².